The maximum absolute atomic E-state index is 12.5. The molecule has 316 valence electrons. The van der Waals surface area contributed by atoms with Gasteiger partial charge >= 0.3 is 19.8 Å². The number of hydrogen-bond acceptors (Lipinski definition) is 8. The number of phosphoric ester groups is 1. The fourth-order valence-electron chi connectivity index (χ4n) is 5.37. The van der Waals surface area contributed by atoms with Gasteiger partial charge in [-0.25, -0.2) is 4.57 Å². The molecule has 55 heavy (non-hydrogen) atoms. The monoisotopic (exact) mass is 792 g/mol. The average molecular weight is 792 g/mol. The van der Waals surface area contributed by atoms with E-state index in [2.05, 4.69) is 74.6 Å². The van der Waals surface area contributed by atoms with E-state index in [1.54, 1.807) is 0 Å². The van der Waals surface area contributed by atoms with Crippen LogP contribution in [0.2, 0.25) is 0 Å². The second-order valence-electron chi connectivity index (χ2n) is 13.8. The number of carbonyl (C=O) groups is 2. The van der Waals surface area contributed by atoms with Gasteiger partial charge in [0.1, 0.15) is 6.61 Å². The second-order valence-corrected chi connectivity index (χ2v) is 15.3. The van der Waals surface area contributed by atoms with Crippen LogP contribution in [-0.4, -0.2) is 49.3 Å². The first-order valence-corrected chi connectivity index (χ1v) is 22.9. The molecule has 0 aliphatic heterocycles. The van der Waals surface area contributed by atoms with Gasteiger partial charge in [-0.1, -0.05) is 151 Å². The SMILES string of the molecule is CCCCCCCC/C=C\C/C=C\C/C=C\CCCC(=O)OC[C@H](COP(=O)(O)OCCN)OC(=O)CCC/C=C\C/C=C\C/C=C\CCCCCCCC. The third-order valence-corrected chi connectivity index (χ3v) is 9.55. The molecule has 0 aromatic heterocycles. The van der Waals surface area contributed by atoms with Gasteiger partial charge in [0.25, 0.3) is 0 Å². The van der Waals surface area contributed by atoms with Crippen LogP contribution in [-0.2, 0) is 32.7 Å². The molecule has 0 bridgehead atoms. The minimum absolute atomic E-state index is 0.0360. The number of rotatable bonds is 39. The fourth-order valence-corrected chi connectivity index (χ4v) is 6.14. The van der Waals surface area contributed by atoms with Crippen LogP contribution in [0, 0.1) is 0 Å². The number of carbonyl (C=O) groups excluding carboxylic acids is 2. The third kappa shape index (κ3) is 40.9. The summed E-state index contributed by atoms with van der Waals surface area (Å²) in [5.74, 6) is -0.957. The highest BCUT2D eigenvalue weighted by Gasteiger charge is 2.25. The van der Waals surface area contributed by atoms with Crippen molar-refractivity contribution in [2.24, 2.45) is 5.73 Å². The summed E-state index contributed by atoms with van der Waals surface area (Å²) in [7, 11) is -4.40. The van der Waals surface area contributed by atoms with Crippen LogP contribution in [0.1, 0.15) is 168 Å². The molecule has 0 rings (SSSR count). The molecule has 0 radical (unpaired) electrons. The summed E-state index contributed by atoms with van der Waals surface area (Å²) in [6, 6.07) is 0. The van der Waals surface area contributed by atoms with Gasteiger partial charge in [0.15, 0.2) is 6.10 Å². The van der Waals surface area contributed by atoms with Crippen LogP contribution in [0.5, 0.6) is 0 Å². The molecule has 0 aliphatic carbocycles. The molecular formula is C45H78NO8P. The van der Waals surface area contributed by atoms with Crippen molar-refractivity contribution < 1.29 is 37.6 Å². The van der Waals surface area contributed by atoms with Crippen LogP contribution < -0.4 is 5.73 Å². The molecule has 10 heteroatoms. The standard InChI is InChI=1S/C45H78NO8P/c1-3-5-7-9-11-13-15-17-19-21-23-25-27-29-31-33-35-37-44(47)51-41-43(42-53-55(49,50)52-40-39-46)54-45(48)38-36-34-32-30-28-26-24-22-20-18-16-14-12-10-8-6-4-2/h17-20,23-26,29-32,43H,3-16,21-22,27-28,33-42,46H2,1-2H3,(H,49,50)/b19-17-,20-18-,25-23-,26-24-,31-29-,32-30-/t43-/m1/s1. The fraction of sp³-hybridized carbons (Fsp3) is 0.689. The zero-order valence-electron chi connectivity index (χ0n) is 34.6. The van der Waals surface area contributed by atoms with Gasteiger partial charge in [-0.15, -0.1) is 0 Å². The van der Waals surface area contributed by atoms with Gasteiger partial charge in [-0.05, 0) is 77.0 Å². The van der Waals surface area contributed by atoms with Crippen molar-refractivity contribution in [3.8, 4) is 0 Å². The first-order chi connectivity index (χ1) is 26.8. The Balaban J connectivity index is 4.35. The molecule has 2 atom stereocenters. The van der Waals surface area contributed by atoms with Crippen molar-refractivity contribution in [2.45, 2.75) is 174 Å². The maximum Gasteiger partial charge on any atom is 0.472 e. The van der Waals surface area contributed by atoms with Crippen molar-refractivity contribution in [3.63, 3.8) is 0 Å². The van der Waals surface area contributed by atoms with E-state index in [4.69, 9.17) is 24.3 Å². The van der Waals surface area contributed by atoms with E-state index in [0.717, 1.165) is 44.9 Å². The largest absolute Gasteiger partial charge is 0.472 e. The summed E-state index contributed by atoms with van der Waals surface area (Å²) >= 11 is 0. The van der Waals surface area contributed by atoms with Crippen molar-refractivity contribution in [1.82, 2.24) is 0 Å². The van der Waals surface area contributed by atoms with Gasteiger partial charge in [-0.2, -0.15) is 0 Å². The van der Waals surface area contributed by atoms with Crippen molar-refractivity contribution in [2.75, 3.05) is 26.4 Å². The minimum Gasteiger partial charge on any atom is -0.462 e. The molecule has 0 aromatic rings. The second kappa shape index (κ2) is 41.1. The Morgan fingerprint density at radius 2 is 0.945 bits per heavy atom. The van der Waals surface area contributed by atoms with Crippen LogP contribution >= 0.6 is 7.82 Å². The molecule has 0 saturated carbocycles. The number of allylic oxidation sites excluding steroid dienone is 12. The number of phosphoric acid groups is 1. The molecule has 0 heterocycles. The molecule has 9 nitrogen and oxygen atoms in total. The summed E-state index contributed by atoms with van der Waals surface area (Å²) in [4.78, 5) is 34.8. The Kier molecular flexibility index (Phi) is 39.2. The highest BCUT2D eigenvalue weighted by atomic mass is 31.2. The number of ether oxygens (including phenoxy) is 2. The van der Waals surface area contributed by atoms with E-state index in [0.29, 0.717) is 19.3 Å². The van der Waals surface area contributed by atoms with E-state index >= 15 is 0 Å². The maximum atomic E-state index is 12.5. The van der Waals surface area contributed by atoms with Gasteiger partial charge in [-0.3, -0.25) is 18.6 Å². The lowest BCUT2D eigenvalue weighted by molar-refractivity contribution is -0.161. The third-order valence-electron chi connectivity index (χ3n) is 8.56. The minimum atomic E-state index is -4.40. The predicted molar refractivity (Wildman–Crippen MR) is 229 cm³/mol. The molecular weight excluding hydrogens is 713 g/mol. The van der Waals surface area contributed by atoms with Crippen LogP contribution in [0.3, 0.4) is 0 Å². The molecule has 1 unspecified atom stereocenters. The molecule has 0 aromatic carbocycles. The summed E-state index contributed by atoms with van der Waals surface area (Å²) in [6.45, 7) is 3.59. The number of unbranched alkanes of at least 4 members (excludes halogenated alkanes) is 14. The van der Waals surface area contributed by atoms with E-state index in [-0.39, 0.29) is 32.6 Å². The van der Waals surface area contributed by atoms with E-state index in [1.807, 2.05) is 12.2 Å². The summed E-state index contributed by atoms with van der Waals surface area (Å²) in [6.07, 6.45) is 49.5. The molecule has 0 saturated heterocycles. The zero-order valence-corrected chi connectivity index (χ0v) is 35.5. The van der Waals surface area contributed by atoms with Gasteiger partial charge < -0.3 is 20.1 Å². The van der Waals surface area contributed by atoms with Crippen LogP contribution in [0.15, 0.2) is 72.9 Å². The van der Waals surface area contributed by atoms with Gasteiger partial charge in [0, 0.05) is 19.4 Å². The highest BCUT2D eigenvalue weighted by Crippen LogP contribution is 2.43. The Morgan fingerprint density at radius 1 is 0.545 bits per heavy atom. The zero-order chi connectivity index (χ0) is 40.3. The Morgan fingerprint density at radius 3 is 1.40 bits per heavy atom. The highest BCUT2D eigenvalue weighted by molar-refractivity contribution is 7.47. The molecule has 0 fully saturated rings. The number of hydrogen-bond donors (Lipinski definition) is 2. The lowest BCUT2D eigenvalue weighted by Gasteiger charge is -2.19. The molecule has 0 aliphatic rings. The topological polar surface area (TPSA) is 134 Å². The van der Waals surface area contributed by atoms with E-state index in [1.165, 1.54) is 77.0 Å². The molecule has 0 spiro atoms. The Labute approximate surface area is 335 Å². The summed E-state index contributed by atoms with van der Waals surface area (Å²) in [5, 5.41) is 0. The lowest BCUT2D eigenvalue weighted by atomic mass is 10.1. The quantitative estimate of drug-likeness (QED) is 0.0270. The average Bonchev–Trinajstić information content (AvgIpc) is 3.17. The van der Waals surface area contributed by atoms with Gasteiger partial charge in [0.2, 0.25) is 0 Å². The first kappa shape index (κ1) is 52.5. The number of nitrogens with two attached hydrogens (primary N) is 1. The molecule has 3 N–H and O–H groups in total. The Bertz CT molecular complexity index is 1130. The lowest BCUT2D eigenvalue weighted by Crippen LogP contribution is -2.29. The predicted octanol–water partition coefficient (Wildman–Crippen LogP) is 12.3. The van der Waals surface area contributed by atoms with Gasteiger partial charge in [0.05, 0.1) is 13.2 Å². The number of esters is 2. The van der Waals surface area contributed by atoms with E-state index in [9.17, 15) is 19.0 Å². The normalized spacial score (nSPS) is 14.0. The summed E-state index contributed by atoms with van der Waals surface area (Å²) in [5.41, 5.74) is 5.34. The smallest absolute Gasteiger partial charge is 0.462 e. The Hall–Kier alpha value is -2.55. The van der Waals surface area contributed by atoms with Crippen LogP contribution in [0.4, 0.5) is 0 Å². The molecule has 0 amide bonds. The summed E-state index contributed by atoms with van der Waals surface area (Å²) < 4.78 is 32.6. The van der Waals surface area contributed by atoms with Crippen molar-refractivity contribution >= 4 is 19.8 Å². The first-order valence-electron chi connectivity index (χ1n) is 21.4. The van der Waals surface area contributed by atoms with E-state index < -0.39 is 32.5 Å². The van der Waals surface area contributed by atoms with Crippen LogP contribution in [0.25, 0.3) is 0 Å². The van der Waals surface area contributed by atoms with Crippen molar-refractivity contribution in [3.05, 3.63) is 72.9 Å². The van der Waals surface area contributed by atoms with Crippen molar-refractivity contribution in [1.29, 1.82) is 0 Å².